The zero-order chi connectivity index (χ0) is 24.3. The summed E-state index contributed by atoms with van der Waals surface area (Å²) in [4.78, 5) is 35.3. The second-order valence-electron chi connectivity index (χ2n) is 9.09. The molecular weight excluding hydrogens is 460 g/mol. The maximum atomic E-state index is 12.3. The fraction of sp³-hybridized carbons (Fsp3) is 0.400. The van der Waals surface area contributed by atoms with Crippen molar-refractivity contribution < 1.29 is 14.3 Å². The molecule has 4 aliphatic heterocycles. The number of hydrogen-bond donors (Lipinski definition) is 2. The minimum absolute atomic E-state index is 0.228. The van der Waals surface area contributed by atoms with Crippen molar-refractivity contribution in [3.05, 3.63) is 48.8 Å². The predicted octanol–water partition coefficient (Wildman–Crippen LogP) is 2.78. The number of fused-ring (bicyclic) bond motifs is 3. The molecule has 2 atom stereocenters. The van der Waals surface area contributed by atoms with Gasteiger partial charge in [0.05, 0.1) is 32.0 Å². The molecule has 1 aromatic carbocycles. The van der Waals surface area contributed by atoms with Crippen LogP contribution in [-0.2, 0) is 9.47 Å². The zero-order valence-electron chi connectivity index (χ0n) is 19.8. The predicted molar refractivity (Wildman–Crippen MR) is 135 cm³/mol. The summed E-state index contributed by atoms with van der Waals surface area (Å²) in [5.41, 5.74) is 2.19. The van der Waals surface area contributed by atoms with Gasteiger partial charge in [-0.2, -0.15) is 15.0 Å². The van der Waals surface area contributed by atoms with E-state index in [0.717, 1.165) is 38.0 Å². The summed E-state index contributed by atoms with van der Waals surface area (Å²) in [6.45, 7) is 4.30. The number of pyridine rings is 1. The summed E-state index contributed by atoms with van der Waals surface area (Å²) in [5.74, 6) is 1.97. The fourth-order valence-electron chi connectivity index (χ4n) is 4.74. The van der Waals surface area contributed by atoms with Crippen LogP contribution >= 0.6 is 0 Å². The third kappa shape index (κ3) is 4.93. The number of carbonyl (C=O) groups excluding carboxylic acids is 1. The number of amides is 2. The van der Waals surface area contributed by atoms with E-state index in [2.05, 4.69) is 25.4 Å². The first-order valence-corrected chi connectivity index (χ1v) is 12.3. The molecule has 186 valence electrons. The quantitative estimate of drug-likeness (QED) is 0.559. The van der Waals surface area contributed by atoms with E-state index in [1.807, 2.05) is 24.3 Å². The number of benzene rings is 1. The fourth-order valence-corrected chi connectivity index (χ4v) is 4.74. The topological polar surface area (TPSA) is 118 Å². The van der Waals surface area contributed by atoms with Gasteiger partial charge in [0.15, 0.2) is 5.82 Å². The van der Waals surface area contributed by atoms with Gasteiger partial charge in [-0.25, -0.2) is 4.79 Å². The van der Waals surface area contributed by atoms with Crippen molar-refractivity contribution in [2.45, 2.75) is 25.0 Å². The second-order valence-corrected chi connectivity index (χ2v) is 9.09. The van der Waals surface area contributed by atoms with Crippen LogP contribution < -0.4 is 20.4 Å². The Bertz CT molecular complexity index is 1200. The number of ether oxygens (including phenoxy) is 2. The summed E-state index contributed by atoms with van der Waals surface area (Å²) in [7, 11) is 0. The SMILES string of the molecule is O=C(Nc1ccncc1)Nc1ccc(-c2nc(N3CCOCC3)nc(N3CC4CCC3CO4)n2)cc1. The van der Waals surface area contributed by atoms with E-state index >= 15 is 0 Å². The molecule has 11 heteroatoms. The highest BCUT2D eigenvalue weighted by Gasteiger charge is 2.36. The Balaban J connectivity index is 1.24. The van der Waals surface area contributed by atoms with Gasteiger partial charge in [-0.1, -0.05) is 0 Å². The molecule has 2 aromatic heterocycles. The Morgan fingerprint density at radius 2 is 1.61 bits per heavy atom. The number of morpholine rings is 2. The number of aromatic nitrogens is 4. The van der Waals surface area contributed by atoms with E-state index < -0.39 is 0 Å². The van der Waals surface area contributed by atoms with Crippen molar-refractivity contribution in [1.82, 2.24) is 19.9 Å². The highest BCUT2D eigenvalue weighted by molar-refractivity contribution is 5.99. The molecule has 11 nitrogen and oxygen atoms in total. The van der Waals surface area contributed by atoms with Crippen LogP contribution in [0.2, 0.25) is 0 Å². The first-order valence-electron chi connectivity index (χ1n) is 12.3. The molecule has 4 fully saturated rings. The molecule has 2 amide bonds. The van der Waals surface area contributed by atoms with Gasteiger partial charge in [0.1, 0.15) is 0 Å². The Morgan fingerprint density at radius 3 is 2.28 bits per heavy atom. The number of urea groups is 1. The number of rotatable bonds is 5. The standard InChI is InChI=1S/C25H28N8O3/c34-25(28-19-7-9-26-10-8-19)27-18-3-1-17(2-4-18)22-29-23(32-11-13-35-14-12-32)31-24(30-22)33-15-21-6-5-20(33)16-36-21/h1-4,7-10,20-21H,5-6,11-16H2,(H2,26,27,28,34). The van der Waals surface area contributed by atoms with Gasteiger partial charge in [-0.05, 0) is 49.2 Å². The van der Waals surface area contributed by atoms with E-state index in [1.165, 1.54) is 0 Å². The van der Waals surface area contributed by atoms with Crippen molar-refractivity contribution in [2.24, 2.45) is 0 Å². The van der Waals surface area contributed by atoms with E-state index in [0.29, 0.717) is 48.9 Å². The highest BCUT2D eigenvalue weighted by atomic mass is 16.5. The van der Waals surface area contributed by atoms with Crippen molar-refractivity contribution in [3.63, 3.8) is 0 Å². The normalized spacial score (nSPS) is 21.3. The summed E-state index contributed by atoms with van der Waals surface area (Å²) >= 11 is 0. The largest absolute Gasteiger partial charge is 0.378 e. The van der Waals surface area contributed by atoms with Gasteiger partial charge in [-0.15, -0.1) is 0 Å². The molecule has 4 aliphatic rings. The van der Waals surface area contributed by atoms with Crippen LogP contribution in [0.1, 0.15) is 12.8 Å². The lowest BCUT2D eigenvalue weighted by molar-refractivity contribution is -0.0232. The van der Waals surface area contributed by atoms with Gasteiger partial charge in [0.2, 0.25) is 11.9 Å². The molecule has 6 heterocycles. The van der Waals surface area contributed by atoms with Crippen LogP contribution in [0.25, 0.3) is 11.4 Å². The van der Waals surface area contributed by atoms with Gasteiger partial charge in [0.25, 0.3) is 0 Å². The summed E-state index contributed by atoms with van der Waals surface area (Å²) in [5, 5.41) is 5.63. The second kappa shape index (κ2) is 10.0. The van der Waals surface area contributed by atoms with Crippen LogP contribution in [-0.4, -0.2) is 77.6 Å². The summed E-state index contributed by atoms with van der Waals surface area (Å²) < 4.78 is 11.4. The molecule has 2 unspecified atom stereocenters. The smallest absolute Gasteiger partial charge is 0.323 e. The van der Waals surface area contributed by atoms with Crippen LogP contribution in [0.15, 0.2) is 48.8 Å². The van der Waals surface area contributed by atoms with Crippen LogP contribution in [0.3, 0.4) is 0 Å². The highest BCUT2D eigenvalue weighted by Crippen LogP contribution is 2.31. The molecule has 36 heavy (non-hydrogen) atoms. The van der Waals surface area contributed by atoms with Gasteiger partial charge >= 0.3 is 6.03 Å². The summed E-state index contributed by atoms with van der Waals surface area (Å²) in [6.07, 6.45) is 5.64. The third-order valence-electron chi connectivity index (χ3n) is 6.69. The number of nitrogens with zero attached hydrogens (tertiary/aromatic N) is 6. The minimum atomic E-state index is -0.326. The molecule has 0 radical (unpaired) electrons. The van der Waals surface area contributed by atoms with Gasteiger partial charge in [0, 0.05) is 49.0 Å². The number of anilines is 4. The first kappa shape index (κ1) is 22.6. The molecular formula is C25H28N8O3. The Hall–Kier alpha value is -3.83. The van der Waals surface area contributed by atoms with E-state index in [-0.39, 0.29) is 18.2 Å². The minimum Gasteiger partial charge on any atom is -0.378 e. The summed E-state index contributed by atoms with van der Waals surface area (Å²) in [6, 6.07) is 10.9. The van der Waals surface area contributed by atoms with Crippen molar-refractivity contribution in [1.29, 1.82) is 0 Å². The Kier molecular flexibility index (Phi) is 6.31. The molecule has 0 aliphatic carbocycles. The van der Waals surface area contributed by atoms with Crippen LogP contribution in [0.5, 0.6) is 0 Å². The van der Waals surface area contributed by atoms with Crippen molar-refractivity contribution >= 4 is 29.3 Å². The number of hydrogen-bond acceptors (Lipinski definition) is 9. The number of carbonyl (C=O) groups is 1. The van der Waals surface area contributed by atoms with Gasteiger partial charge in [-0.3, -0.25) is 4.98 Å². The molecule has 2 N–H and O–H groups in total. The molecule has 2 bridgehead atoms. The average molecular weight is 489 g/mol. The molecule has 0 saturated carbocycles. The van der Waals surface area contributed by atoms with E-state index in [1.54, 1.807) is 24.5 Å². The maximum Gasteiger partial charge on any atom is 0.323 e. The maximum absolute atomic E-state index is 12.3. The molecule has 7 rings (SSSR count). The number of nitrogens with one attached hydrogen (secondary N) is 2. The van der Waals surface area contributed by atoms with Crippen LogP contribution in [0, 0.1) is 0 Å². The van der Waals surface area contributed by atoms with E-state index in [9.17, 15) is 4.79 Å². The average Bonchev–Trinajstić information content (AvgIpc) is 2.95. The lowest BCUT2D eigenvalue weighted by Gasteiger charge is -2.45. The monoisotopic (exact) mass is 488 g/mol. The van der Waals surface area contributed by atoms with E-state index in [4.69, 9.17) is 24.4 Å². The third-order valence-corrected chi connectivity index (χ3v) is 6.69. The van der Waals surface area contributed by atoms with Crippen molar-refractivity contribution in [3.8, 4) is 11.4 Å². The Morgan fingerprint density at radius 1 is 0.889 bits per heavy atom. The van der Waals surface area contributed by atoms with Gasteiger partial charge < -0.3 is 29.9 Å². The molecule has 0 spiro atoms. The zero-order valence-corrected chi connectivity index (χ0v) is 19.8. The Labute approximate surface area is 208 Å². The molecule has 3 aromatic rings. The first-order chi connectivity index (χ1) is 17.7. The lowest BCUT2D eigenvalue weighted by Crippen LogP contribution is -2.55. The molecule has 4 saturated heterocycles. The van der Waals surface area contributed by atoms with Crippen LogP contribution in [0.4, 0.5) is 28.1 Å². The number of piperidine rings is 1. The lowest BCUT2D eigenvalue weighted by atomic mass is 9.97. The van der Waals surface area contributed by atoms with Crippen molar-refractivity contribution in [2.75, 3.05) is 59.9 Å².